The Morgan fingerprint density at radius 2 is 1.89 bits per heavy atom. The van der Waals surface area contributed by atoms with E-state index in [0.717, 1.165) is 0 Å². The maximum Gasteiger partial charge on any atom is 0.195 e. The van der Waals surface area contributed by atoms with Crippen molar-refractivity contribution in [3.05, 3.63) is 24.3 Å². The Morgan fingerprint density at radius 3 is 2.53 bits per heavy atom. The first-order valence-corrected chi connectivity index (χ1v) is 5.79. The highest BCUT2D eigenvalue weighted by atomic mass is 16.7. The van der Waals surface area contributed by atoms with Crippen LogP contribution >= 0.6 is 0 Å². The Balaban J connectivity index is 2.11. The fraction of sp³-hybridized carbons (Fsp3) is 0.500. The highest BCUT2D eigenvalue weighted by Gasteiger charge is 2.45. The van der Waals surface area contributed by atoms with Crippen molar-refractivity contribution >= 4 is 0 Å². The third kappa shape index (κ3) is 2.96. The van der Waals surface area contributed by atoms with Crippen molar-refractivity contribution in [3.8, 4) is 11.5 Å². The lowest BCUT2D eigenvalue weighted by molar-refractivity contribution is -0.280. The summed E-state index contributed by atoms with van der Waals surface area (Å²) in [4.78, 5) is 0. The summed E-state index contributed by atoms with van der Waals surface area (Å²) in [5.41, 5.74) is 0. The molecular formula is C12H16O7. The lowest BCUT2D eigenvalue weighted by Gasteiger charge is -2.39. The first-order valence-electron chi connectivity index (χ1n) is 5.79. The fourth-order valence-electron chi connectivity index (χ4n) is 1.91. The molecule has 0 radical (unpaired) electrons. The molecule has 5 N–H and O–H groups in total. The van der Waals surface area contributed by atoms with E-state index in [1.54, 1.807) is 0 Å². The van der Waals surface area contributed by atoms with Gasteiger partial charge < -0.3 is 35.0 Å². The molecule has 1 fully saturated rings. The fourth-order valence-corrected chi connectivity index (χ4v) is 1.91. The molecule has 0 saturated carbocycles. The molecule has 0 aromatic heterocycles. The van der Waals surface area contributed by atoms with Gasteiger partial charge in [-0.3, -0.25) is 0 Å². The summed E-state index contributed by atoms with van der Waals surface area (Å²) in [7, 11) is 0. The van der Waals surface area contributed by atoms with Gasteiger partial charge in [0.1, 0.15) is 29.8 Å². The molecule has 0 aliphatic carbocycles. The number of aliphatic hydroxyl groups excluding tert-OH is 4. The van der Waals surface area contributed by atoms with Crippen LogP contribution in [0, 0.1) is 0 Å². The maximum absolute atomic E-state index is 9.85. The highest BCUT2D eigenvalue weighted by Crippen LogP contribution is 2.26. The first kappa shape index (κ1) is 14.0. The third-order valence-electron chi connectivity index (χ3n) is 2.93. The first-order chi connectivity index (χ1) is 9.02. The zero-order chi connectivity index (χ0) is 14.0. The average molecular weight is 272 g/mol. The Kier molecular flexibility index (Phi) is 4.23. The van der Waals surface area contributed by atoms with Gasteiger partial charge in [0.05, 0.1) is 6.61 Å². The van der Waals surface area contributed by atoms with Crippen molar-refractivity contribution in [1.82, 2.24) is 0 Å². The van der Waals surface area contributed by atoms with E-state index in [9.17, 15) is 20.4 Å². The number of aromatic hydroxyl groups is 1. The van der Waals surface area contributed by atoms with Crippen molar-refractivity contribution in [3.63, 3.8) is 0 Å². The van der Waals surface area contributed by atoms with Gasteiger partial charge in [0.25, 0.3) is 0 Å². The molecule has 1 aromatic carbocycles. The smallest absolute Gasteiger partial charge is 0.195 e. The van der Waals surface area contributed by atoms with Crippen LogP contribution in [0.3, 0.4) is 0 Å². The number of rotatable bonds is 3. The molecule has 0 bridgehead atoms. The van der Waals surface area contributed by atoms with Crippen LogP contribution in [0.1, 0.15) is 0 Å². The Labute approximate surface area is 109 Å². The molecule has 1 aliphatic rings. The summed E-state index contributed by atoms with van der Waals surface area (Å²) >= 11 is 0. The number of phenolic OH excluding ortho intramolecular Hbond substituents is 1. The van der Waals surface area contributed by atoms with Crippen LogP contribution in [0.15, 0.2) is 24.3 Å². The average Bonchev–Trinajstić information content (AvgIpc) is 2.39. The molecule has 19 heavy (non-hydrogen) atoms. The van der Waals surface area contributed by atoms with E-state index in [1.807, 2.05) is 0 Å². The molecule has 1 aromatic rings. The van der Waals surface area contributed by atoms with E-state index in [0.29, 0.717) is 0 Å². The molecular weight excluding hydrogens is 256 g/mol. The van der Waals surface area contributed by atoms with E-state index in [2.05, 4.69) is 0 Å². The zero-order valence-corrected chi connectivity index (χ0v) is 9.96. The Morgan fingerprint density at radius 1 is 1.16 bits per heavy atom. The summed E-state index contributed by atoms with van der Waals surface area (Å²) in [6, 6.07) is 5.78. The summed E-state index contributed by atoms with van der Waals surface area (Å²) < 4.78 is 10.2. The molecule has 1 saturated heterocycles. The lowest BCUT2D eigenvalue weighted by Crippen LogP contribution is -2.60. The predicted octanol–water partition coefficient (Wildman–Crippen LogP) is -1.43. The monoisotopic (exact) mass is 272 g/mol. The third-order valence-corrected chi connectivity index (χ3v) is 2.93. The van der Waals surface area contributed by atoms with Crippen molar-refractivity contribution in [2.24, 2.45) is 0 Å². The van der Waals surface area contributed by atoms with E-state index in [-0.39, 0.29) is 11.5 Å². The van der Waals surface area contributed by atoms with Gasteiger partial charge in [-0.25, -0.2) is 0 Å². The van der Waals surface area contributed by atoms with Crippen molar-refractivity contribution in [2.75, 3.05) is 6.61 Å². The van der Waals surface area contributed by atoms with Crippen LogP contribution in [0.2, 0.25) is 0 Å². The highest BCUT2D eigenvalue weighted by molar-refractivity contribution is 5.32. The number of benzene rings is 1. The van der Waals surface area contributed by atoms with Gasteiger partial charge in [-0.2, -0.15) is 0 Å². The van der Waals surface area contributed by atoms with Crippen LogP contribution in [-0.2, 0) is 4.74 Å². The van der Waals surface area contributed by atoms with Crippen LogP contribution in [0.4, 0.5) is 0 Å². The molecule has 1 aliphatic heterocycles. The van der Waals surface area contributed by atoms with Gasteiger partial charge in [-0.15, -0.1) is 0 Å². The topological polar surface area (TPSA) is 120 Å². The van der Waals surface area contributed by atoms with E-state index in [1.165, 1.54) is 24.3 Å². The van der Waals surface area contributed by atoms with Crippen LogP contribution in [0.25, 0.3) is 0 Å². The minimum absolute atomic E-state index is 0.0352. The van der Waals surface area contributed by atoms with E-state index >= 15 is 0 Å². The number of ether oxygens (including phenoxy) is 2. The van der Waals surface area contributed by atoms with E-state index < -0.39 is 37.3 Å². The standard InChI is InChI=1S/C12H16O7/c13-5-8-9(15)10(16)11(12(17)19-8)18-7-3-1-2-6(14)4-7/h1-4,8-17H,5H2/t8-,9-,10+,11-,12-/m1/s1. The van der Waals surface area contributed by atoms with E-state index in [4.69, 9.17) is 14.6 Å². The van der Waals surface area contributed by atoms with Crippen LogP contribution < -0.4 is 4.74 Å². The second-order valence-electron chi connectivity index (χ2n) is 4.31. The van der Waals surface area contributed by atoms with Gasteiger partial charge in [0, 0.05) is 6.07 Å². The Hall–Kier alpha value is -1.38. The van der Waals surface area contributed by atoms with Crippen molar-refractivity contribution in [1.29, 1.82) is 0 Å². The molecule has 0 amide bonds. The quantitative estimate of drug-likeness (QED) is 0.457. The van der Waals surface area contributed by atoms with Crippen LogP contribution in [-0.4, -0.2) is 62.8 Å². The molecule has 0 unspecified atom stereocenters. The second kappa shape index (κ2) is 5.72. The minimum Gasteiger partial charge on any atom is -0.508 e. The summed E-state index contributed by atoms with van der Waals surface area (Å²) in [5.74, 6) is 0.174. The molecule has 7 heteroatoms. The summed E-state index contributed by atoms with van der Waals surface area (Å²) in [6.07, 6.45) is -6.61. The maximum atomic E-state index is 9.85. The second-order valence-corrected chi connectivity index (χ2v) is 4.31. The van der Waals surface area contributed by atoms with Gasteiger partial charge in [0.2, 0.25) is 0 Å². The van der Waals surface area contributed by atoms with Gasteiger partial charge in [-0.05, 0) is 12.1 Å². The van der Waals surface area contributed by atoms with Gasteiger partial charge in [0.15, 0.2) is 12.4 Å². The molecule has 5 atom stereocenters. The van der Waals surface area contributed by atoms with Crippen molar-refractivity contribution in [2.45, 2.75) is 30.7 Å². The summed E-state index contributed by atoms with van der Waals surface area (Å²) in [5, 5.41) is 47.4. The number of aliphatic hydroxyl groups is 4. The predicted molar refractivity (Wildman–Crippen MR) is 62.5 cm³/mol. The number of phenols is 1. The van der Waals surface area contributed by atoms with Gasteiger partial charge >= 0.3 is 0 Å². The SMILES string of the molecule is OC[C@H]1O[C@@H](O)[C@H](Oc2cccc(O)c2)[C@@H](O)[C@@H]1O. The molecule has 106 valence electrons. The molecule has 2 rings (SSSR count). The molecule has 0 spiro atoms. The number of hydrogen-bond acceptors (Lipinski definition) is 7. The zero-order valence-electron chi connectivity index (χ0n) is 9.96. The minimum atomic E-state index is -1.50. The lowest BCUT2D eigenvalue weighted by atomic mass is 9.99. The van der Waals surface area contributed by atoms with Gasteiger partial charge in [-0.1, -0.05) is 6.07 Å². The molecule has 7 nitrogen and oxygen atoms in total. The van der Waals surface area contributed by atoms with Crippen LogP contribution in [0.5, 0.6) is 11.5 Å². The largest absolute Gasteiger partial charge is 0.508 e. The normalized spacial score (nSPS) is 35.1. The molecule has 1 heterocycles. The number of hydrogen-bond donors (Lipinski definition) is 5. The summed E-state index contributed by atoms with van der Waals surface area (Å²) in [6.45, 7) is -0.534. The Bertz CT molecular complexity index is 424. The van der Waals surface area contributed by atoms with Crippen molar-refractivity contribution < 1.29 is 35.0 Å².